The molecule has 0 bridgehead atoms. The fourth-order valence-corrected chi connectivity index (χ4v) is 3.59. The molecule has 1 N–H and O–H groups in total. The number of amides is 2. The number of cyclic esters (lactones) is 1. The monoisotopic (exact) mass is 378 g/mol. The molecule has 0 unspecified atom stereocenters. The number of ether oxygens (including phenoxy) is 1. The number of carbonyl (C=O) groups excluding carboxylic acids is 2. The molecule has 1 aliphatic heterocycles. The zero-order valence-corrected chi connectivity index (χ0v) is 15.3. The highest BCUT2D eigenvalue weighted by molar-refractivity contribution is 7.14. The lowest BCUT2D eigenvalue weighted by molar-refractivity contribution is -0.119. The second kappa shape index (κ2) is 7.77. The number of nitrogens with zero attached hydrogens (tertiary/aromatic N) is 3. The second-order valence-corrected chi connectivity index (χ2v) is 7.03. The predicted octanol–water partition coefficient (Wildman–Crippen LogP) is 2.76. The van der Waals surface area contributed by atoms with E-state index in [0.717, 1.165) is 17.8 Å². The van der Waals surface area contributed by atoms with E-state index in [0.29, 0.717) is 16.3 Å². The molecule has 1 aromatic heterocycles. The Balaban J connectivity index is 1.74. The van der Waals surface area contributed by atoms with Gasteiger partial charge in [-0.2, -0.15) is 0 Å². The molecule has 2 aromatic rings. The van der Waals surface area contributed by atoms with Gasteiger partial charge in [0.15, 0.2) is 5.01 Å². The number of hydrogen-bond acceptors (Lipinski definition) is 6. The summed E-state index contributed by atoms with van der Waals surface area (Å²) in [6, 6.07) is 4.54. The van der Waals surface area contributed by atoms with E-state index in [1.54, 1.807) is 12.1 Å². The molecule has 7 nitrogen and oxygen atoms in total. The maximum atomic E-state index is 14.6. The number of nitrogens with one attached hydrogen (secondary N) is 1. The molecule has 1 saturated heterocycles. The summed E-state index contributed by atoms with van der Waals surface area (Å²) < 4.78 is 19.8. The molecule has 3 rings (SSSR count). The van der Waals surface area contributed by atoms with Crippen molar-refractivity contribution >= 4 is 29.0 Å². The maximum absolute atomic E-state index is 14.6. The minimum Gasteiger partial charge on any atom is -0.442 e. The van der Waals surface area contributed by atoms with Crippen LogP contribution in [0.3, 0.4) is 0 Å². The van der Waals surface area contributed by atoms with Crippen molar-refractivity contribution in [3.05, 3.63) is 29.0 Å². The van der Waals surface area contributed by atoms with Gasteiger partial charge in [0.25, 0.3) is 0 Å². The highest BCUT2D eigenvalue weighted by atomic mass is 32.1. The van der Waals surface area contributed by atoms with Gasteiger partial charge >= 0.3 is 6.09 Å². The normalized spacial score (nSPS) is 16.7. The molecule has 0 aliphatic carbocycles. The third kappa shape index (κ3) is 3.98. The van der Waals surface area contributed by atoms with Crippen LogP contribution in [0.2, 0.25) is 0 Å². The number of aryl methyl sites for hydroxylation is 1. The Hall–Kier alpha value is -2.55. The minimum atomic E-state index is -0.561. The first-order valence-electron chi connectivity index (χ1n) is 8.32. The molecule has 1 aromatic carbocycles. The van der Waals surface area contributed by atoms with Gasteiger partial charge in [0, 0.05) is 18.9 Å². The van der Waals surface area contributed by atoms with E-state index in [4.69, 9.17) is 4.74 Å². The van der Waals surface area contributed by atoms with Crippen LogP contribution in [0.4, 0.5) is 14.9 Å². The highest BCUT2D eigenvalue weighted by Gasteiger charge is 2.32. The van der Waals surface area contributed by atoms with E-state index in [2.05, 4.69) is 15.5 Å². The number of anilines is 1. The molecule has 9 heteroatoms. The average Bonchev–Trinajstić information content (AvgIpc) is 3.20. The van der Waals surface area contributed by atoms with Gasteiger partial charge in [-0.15, -0.1) is 10.2 Å². The zero-order valence-electron chi connectivity index (χ0n) is 14.5. The summed E-state index contributed by atoms with van der Waals surface area (Å²) in [5.74, 6) is -0.672. The molecular formula is C17H19FN4O3S. The topological polar surface area (TPSA) is 84.4 Å². The van der Waals surface area contributed by atoms with E-state index < -0.39 is 18.0 Å². The Kier molecular flexibility index (Phi) is 5.46. The van der Waals surface area contributed by atoms with Crippen LogP contribution >= 0.6 is 11.3 Å². The van der Waals surface area contributed by atoms with Crippen molar-refractivity contribution in [2.45, 2.75) is 32.8 Å². The van der Waals surface area contributed by atoms with Gasteiger partial charge in [0.2, 0.25) is 5.91 Å². The lowest BCUT2D eigenvalue weighted by Crippen LogP contribution is -2.33. The number of benzene rings is 1. The van der Waals surface area contributed by atoms with E-state index in [-0.39, 0.29) is 19.0 Å². The predicted molar refractivity (Wildman–Crippen MR) is 95.6 cm³/mol. The number of halogens is 1. The molecule has 26 heavy (non-hydrogen) atoms. The fourth-order valence-electron chi connectivity index (χ4n) is 2.62. The van der Waals surface area contributed by atoms with Gasteiger partial charge in [-0.05, 0) is 24.6 Å². The largest absolute Gasteiger partial charge is 0.442 e. The zero-order chi connectivity index (χ0) is 18.7. The van der Waals surface area contributed by atoms with Crippen LogP contribution in [0.15, 0.2) is 18.2 Å². The summed E-state index contributed by atoms with van der Waals surface area (Å²) in [6.07, 6.45) is 0.738. The van der Waals surface area contributed by atoms with Crippen LogP contribution in [0.5, 0.6) is 0 Å². The van der Waals surface area contributed by atoms with Crippen LogP contribution in [-0.4, -0.2) is 41.4 Å². The summed E-state index contributed by atoms with van der Waals surface area (Å²) in [4.78, 5) is 24.3. The van der Waals surface area contributed by atoms with Crippen LogP contribution in [0.1, 0.15) is 25.3 Å². The third-order valence-electron chi connectivity index (χ3n) is 3.88. The number of aromatic nitrogens is 2. The van der Waals surface area contributed by atoms with Gasteiger partial charge in [-0.3, -0.25) is 9.69 Å². The lowest BCUT2D eigenvalue weighted by Gasteiger charge is -2.14. The number of carbonyl (C=O) groups is 2. The second-order valence-electron chi connectivity index (χ2n) is 5.97. The first-order valence-corrected chi connectivity index (χ1v) is 9.14. The number of rotatable bonds is 6. The SMILES string of the molecule is CCCc1nnc(-c2ccc(N3C[C@H](CNC(C)=O)OC3=O)cc2F)s1. The molecule has 1 fully saturated rings. The molecular weight excluding hydrogens is 359 g/mol. The van der Waals surface area contributed by atoms with Crippen molar-refractivity contribution in [1.29, 1.82) is 0 Å². The van der Waals surface area contributed by atoms with Crippen LogP contribution in [0, 0.1) is 5.82 Å². The van der Waals surface area contributed by atoms with Gasteiger partial charge in [-0.1, -0.05) is 18.3 Å². The van der Waals surface area contributed by atoms with Crippen molar-refractivity contribution in [3.63, 3.8) is 0 Å². The van der Waals surface area contributed by atoms with Crippen LogP contribution in [0.25, 0.3) is 10.6 Å². The summed E-state index contributed by atoms with van der Waals surface area (Å²) in [5.41, 5.74) is 0.760. The Bertz CT molecular complexity index is 826. The summed E-state index contributed by atoms with van der Waals surface area (Å²) in [5, 5.41) is 12.1. The van der Waals surface area contributed by atoms with Gasteiger partial charge in [0.1, 0.15) is 16.9 Å². The molecule has 0 saturated carbocycles. The van der Waals surface area contributed by atoms with Crippen LogP contribution in [-0.2, 0) is 16.0 Å². The molecule has 2 heterocycles. The molecule has 2 amide bonds. The van der Waals surface area contributed by atoms with Crippen LogP contribution < -0.4 is 10.2 Å². The van der Waals surface area contributed by atoms with E-state index in [1.165, 1.54) is 29.2 Å². The Morgan fingerprint density at radius 1 is 1.46 bits per heavy atom. The lowest BCUT2D eigenvalue weighted by atomic mass is 10.2. The standard InChI is InChI=1S/C17H19FN4O3S/c1-3-4-15-20-21-16(26-15)13-6-5-11(7-14(13)18)22-9-12(25-17(22)24)8-19-10(2)23/h5-7,12H,3-4,8-9H2,1-2H3,(H,19,23)/t12-/m0/s1. The maximum Gasteiger partial charge on any atom is 0.414 e. The Morgan fingerprint density at radius 2 is 2.27 bits per heavy atom. The van der Waals surface area contributed by atoms with Gasteiger partial charge in [0.05, 0.1) is 18.8 Å². The quantitative estimate of drug-likeness (QED) is 0.836. The van der Waals surface area contributed by atoms with E-state index in [1.807, 2.05) is 6.92 Å². The van der Waals surface area contributed by atoms with E-state index in [9.17, 15) is 14.0 Å². The fraction of sp³-hybridized carbons (Fsp3) is 0.412. The van der Waals surface area contributed by atoms with Gasteiger partial charge < -0.3 is 10.1 Å². The first-order chi connectivity index (χ1) is 12.5. The summed E-state index contributed by atoms with van der Waals surface area (Å²) in [7, 11) is 0. The van der Waals surface area contributed by atoms with Crippen molar-refractivity contribution in [2.24, 2.45) is 0 Å². The van der Waals surface area contributed by atoms with Crippen molar-refractivity contribution in [3.8, 4) is 10.6 Å². The Morgan fingerprint density at radius 3 is 2.96 bits per heavy atom. The molecule has 1 atom stereocenters. The molecule has 0 spiro atoms. The highest BCUT2D eigenvalue weighted by Crippen LogP contribution is 2.31. The summed E-state index contributed by atoms with van der Waals surface area (Å²) in [6.45, 7) is 3.91. The Labute approximate surface area is 154 Å². The smallest absolute Gasteiger partial charge is 0.414 e. The molecule has 0 radical (unpaired) electrons. The minimum absolute atomic E-state index is 0.200. The first kappa shape index (κ1) is 18.2. The van der Waals surface area contributed by atoms with Crippen molar-refractivity contribution < 1.29 is 18.7 Å². The average molecular weight is 378 g/mol. The van der Waals surface area contributed by atoms with Gasteiger partial charge in [-0.25, -0.2) is 9.18 Å². The summed E-state index contributed by atoms with van der Waals surface area (Å²) >= 11 is 1.37. The molecule has 1 aliphatic rings. The van der Waals surface area contributed by atoms with E-state index >= 15 is 0 Å². The van der Waals surface area contributed by atoms with Crippen molar-refractivity contribution in [1.82, 2.24) is 15.5 Å². The third-order valence-corrected chi connectivity index (χ3v) is 4.89. The van der Waals surface area contributed by atoms with Crippen molar-refractivity contribution in [2.75, 3.05) is 18.0 Å². The molecule has 138 valence electrons. The number of hydrogen-bond donors (Lipinski definition) is 1.